The number of amides is 2. The van der Waals surface area contributed by atoms with Gasteiger partial charge in [-0.25, -0.2) is 4.79 Å². The number of carbonyl (C=O) groups excluding carboxylic acids is 1. The zero-order chi connectivity index (χ0) is 16.1. The fraction of sp³-hybridized carbons (Fsp3) is 0.188. The van der Waals surface area contributed by atoms with Gasteiger partial charge in [0.2, 0.25) is 0 Å². The van der Waals surface area contributed by atoms with E-state index in [0.29, 0.717) is 33.7 Å². The highest BCUT2D eigenvalue weighted by Gasteiger charge is 2.05. The summed E-state index contributed by atoms with van der Waals surface area (Å²) in [7, 11) is 0. The summed E-state index contributed by atoms with van der Waals surface area (Å²) < 4.78 is 0. The largest absolute Gasteiger partial charge is 0.338 e. The van der Waals surface area contributed by atoms with Crippen molar-refractivity contribution in [2.75, 3.05) is 11.9 Å². The summed E-state index contributed by atoms with van der Waals surface area (Å²) in [5, 5.41) is 7.18. The van der Waals surface area contributed by atoms with E-state index in [1.807, 2.05) is 19.1 Å². The molecule has 0 spiro atoms. The Labute approximate surface area is 144 Å². The number of hydrogen-bond donors (Lipinski definition) is 2. The van der Waals surface area contributed by atoms with Crippen molar-refractivity contribution >= 4 is 46.5 Å². The van der Waals surface area contributed by atoms with Crippen molar-refractivity contribution in [3.63, 3.8) is 0 Å². The Balaban J connectivity index is 1.85. The number of aryl methyl sites for hydroxylation is 1. The fourth-order valence-corrected chi connectivity index (χ4v) is 2.40. The maximum Gasteiger partial charge on any atom is 0.319 e. The molecule has 0 aliphatic carbocycles. The van der Waals surface area contributed by atoms with Gasteiger partial charge in [-0.1, -0.05) is 46.9 Å². The van der Waals surface area contributed by atoms with Gasteiger partial charge in [0.05, 0.1) is 10.0 Å². The van der Waals surface area contributed by atoms with Crippen LogP contribution in [0.1, 0.15) is 11.1 Å². The van der Waals surface area contributed by atoms with E-state index < -0.39 is 0 Å². The Bertz CT molecular complexity index is 689. The SMILES string of the molecule is Cc1ccc(Cl)cc1NC(=O)NCCc1ccc(Cl)c(Cl)c1. The molecule has 6 heteroatoms. The van der Waals surface area contributed by atoms with Gasteiger partial charge in [0.1, 0.15) is 0 Å². The molecular formula is C16H15Cl3N2O. The molecule has 0 heterocycles. The Morgan fingerprint density at radius 1 is 1.05 bits per heavy atom. The molecule has 0 aromatic heterocycles. The first-order chi connectivity index (χ1) is 10.5. The van der Waals surface area contributed by atoms with Crippen molar-refractivity contribution < 1.29 is 4.79 Å². The lowest BCUT2D eigenvalue weighted by Crippen LogP contribution is -2.30. The van der Waals surface area contributed by atoms with E-state index in [0.717, 1.165) is 11.1 Å². The summed E-state index contributed by atoms with van der Waals surface area (Å²) in [6.45, 7) is 2.39. The summed E-state index contributed by atoms with van der Waals surface area (Å²) in [5.74, 6) is 0. The van der Waals surface area contributed by atoms with Gasteiger partial charge in [-0.2, -0.15) is 0 Å². The quantitative estimate of drug-likeness (QED) is 0.764. The molecule has 2 N–H and O–H groups in total. The minimum Gasteiger partial charge on any atom is -0.338 e. The molecule has 0 aliphatic rings. The van der Waals surface area contributed by atoms with Crippen LogP contribution < -0.4 is 10.6 Å². The summed E-state index contributed by atoms with van der Waals surface area (Å²) in [6.07, 6.45) is 0.666. The van der Waals surface area contributed by atoms with E-state index in [1.54, 1.807) is 24.3 Å². The number of carbonyl (C=O) groups is 1. The average Bonchev–Trinajstić information content (AvgIpc) is 2.47. The molecular weight excluding hydrogens is 343 g/mol. The minimum atomic E-state index is -0.273. The number of halogens is 3. The standard InChI is InChI=1S/C16H15Cl3N2O/c1-10-2-4-12(17)9-15(10)21-16(22)20-7-6-11-3-5-13(18)14(19)8-11/h2-5,8-9H,6-7H2,1H3,(H2,20,21,22). The van der Waals surface area contributed by atoms with Crippen LogP contribution in [0.5, 0.6) is 0 Å². The summed E-state index contributed by atoms with van der Waals surface area (Å²) in [4.78, 5) is 11.9. The predicted octanol–water partition coefficient (Wildman–Crippen LogP) is 5.32. The maximum absolute atomic E-state index is 11.9. The molecule has 0 atom stereocenters. The molecule has 3 nitrogen and oxygen atoms in total. The van der Waals surface area contributed by atoms with Crippen molar-refractivity contribution in [2.24, 2.45) is 0 Å². The second-order valence-electron chi connectivity index (χ2n) is 4.84. The fourth-order valence-electron chi connectivity index (χ4n) is 1.91. The topological polar surface area (TPSA) is 41.1 Å². The summed E-state index contributed by atoms with van der Waals surface area (Å²) >= 11 is 17.7. The Kier molecular flexibility index (Phi) is 5.95. The third kappa shape index (κ3) is 4.80. The first kappa shape index (κ1) is 16.9. The zero-order valence-corrected chi connectivity index (χ0v) is 14.2. The van der Waals surface area contributed by atoms with Crippen molar-refractivity contribution in [1.82, 2.24) is 5.32 Å². The monoisotopic (exact) mass is 356 g/mol. The van der Waals surface area contributed by atoms with Crippen molar-refractivity contribution in [1.29, 1.82) is 0 Å². The van der Waals surface area contributed by atoms with Gasteiger partial charge >= 0.3 is 6.03 Å². The van der Waals surface area contributed by atoms with Gasteiger partial charge in [-0.3, -0.25) is 0 Å². The molecule has 2 aromatic carbocycles. The second kappa shape index (κ2) is 7.73. The molecule has 0 saturated carbocycles. The lowest BCUT2D eigenvalue weighted by Gasteiger charge is -2.10. The molecule has 0 radical (unpaired) electrons. The van der Waals surface area contributed by atoms with Crippen LogP contribution in [0.3, 0.4) is 0 Å². The van der Waals surface area contributed by atoms with E-state index >= 15 is 0 Å². The number of urea groups is 1. The minimum absolute atomic E-state index is 0.273. The molecule has 0 unspecified atom stereocenters. The van der Waals surface area contributed by atoms with Crippen molar-refractivity contribution in [3.8, 4) is 0 Å². The van der Waals surface area contributed by atoms with Gasteiger partial charge < -0.3 is 10.6 Å². The van der Waals surface area contributed by atoms with E-state index in [-0.39, 0.29) is 6.03 Å². The number of hydrogen-bond acceptors (Lipinski definition) is 1. The molecule has 116 valence electrons. The second-order valence-corrected chi connectivity index (χ2v) is 6.09. The Morgan fingerprint density at radius 3 is 2.55 bits per heavy atom. The molecule has 22 heavy (non-hydrogen) atoms. The predicted molar refractivity (Wildman–Crippen MR) is 93.4 cm³/mol. The van der Waals surface area contributed by atoms with Crippen LogP contribution in [0.15, 0.2) is 36.4 Å². The first-order valence-corrected chi connectivity index (χ1v) is 7.84. The van der Waals surface area contributed by atoms with Gasteiger partial charge in [0, 0.05) is 17.3 Å². The highest BCUT2D eigenvalue weighted by Crippen LogP contribution is 2.22. The number of anilines is 1. The van der Waals surface area contributed by atoms with E-state index in [4.69, 9.17) is 34.8 Å². The van der Waals surface area contributed by atoms with E-state index in [9.17, 15) is 4.79 Å². The Morgan fingerprint density at radius 2 is 1.82 bits per heavy atom. The third-order valence-electron chi connectivity index (χ3n) is 3.13. The van der Waals surface area contributed by atoms with Crippen LogP contribution >= 0.6 is 34.8 Å². The number of benzene rings is 2. The molecule has 0 saturated heterocycles. The normalized spacial score (nSPS) is 10.4. The molecule has 0 fully saturated rings. The van der Waals surface area contributed by atoms with Crippen LogP contribution in [0.4, 0.5) is 10.5 Å². The average molecular weight is 358 g/mol. The molecule has 0 aliphatic heterocycles. The first-order valence-electron chi connectivity index (χ1n) is 6.70. The number of nitrogens with one attached hydrogen (secondary N) is 2. The zero-order valence-electron chi connectivity index (χ0n) is 11.9. The van der Waals surface area contributed by atoms with Crippen LogP contribution in [0.2, 0.25) is 15.1 Å². The molecule has 2 aromatic rings. The highest BCUT2D eigenvalue weighted by molar-refractivity contribution is 6.42. The van der Waals surface area contributed by atoms with Gasteiger partial charge in [-0.05, 0) is 48.7 Å². The molecule has 2 amide bonds. The number of rotatable bonds is 4. The van der Waals surface area contributed by atoms with Crippen molar-refractivity contribution in [3.05, 3.63) is 62.6 Å². The highest BCUT2D eigenvalue weighted by atomic mass is 35.5. The van der Waals surface area contributed by atoms with Gasteiger partial charge in [0.15, 0.2) is 0 Å². The van der Waals surface area contributed by atoms with Crippen LogP contribution in [0.25, 0.3) is 0 Å². The van der Waals surface area contributed by atoms with E-state index in [2.05, 4.69) is 10.6 Å². The van der Waals surface area contributed by atoms with E-state index in [1.165, 1.54) is 0 Å². The van der Waals surface area contributed by atoms with Gasteiger partial charge in [-0.15, -0.1) is 0 Å². The lowest BCUT2D eigenvalue weighted by atomic mass is 10.1. The third-order valence-corrected chi connectivity index (χ3v) is 4.11. The van der Waals surface area contributed by atoms with Crippen LogP contribution in [-0.2, 0) is 6.42 Å². The molecule has 0 bridgehead atoms. The van der Waals surface area contributed by atoms with Crippen LogP contribution in [0, 0.1) is 6.92 Å². The van der Waals surface area contributed by atoms with Gasteiger partial charge in [0.25, 0.3) is 0 Å². The molecule has 2 rings (SSSR count). The van der Waals surface area contributed by atoms with Crippen LogP contribution in [-0.4, -0.2) is 12.6 Å². The smallest absolute Gasteiger partial charge is 0.319 e. The van der Waals surface area contributed by atoms with Crippen molar-refractivity contribution in [2.45, 2.75) is 13.3 Å². The lowest BCUT2D eigenvalue weighted by molar-refractivity contribution is 0.252. The summed E-state index contributed by atoms with van der Waals surface area (Å²) in [5.41, 5.74) is 2.65. The summed E-state index contributed by atoms with van der Waals surface area (Å²) in [6, 6.07) is 10.5. The maximum atomic E-state index is 11.9. The Hall–Kier alpha value is -1.42.